The predicted molar refractivity (Wildman–Crippen MR) is 71.6 cm³/mol. The minimum atomic E-state index is 0.658. The highest BCUT2D eigenvalue weighted by atomic mass is 32.1. The van der Waals surface area contributed by atoms with Crippen molar-refractivity contribution in [2.45, 2.75) is 13.3 Å². The van der Waals surface area contributed by atoms with Crippen LogP contribution in [0, 0.1) is 6.92 Å². The molecular weight excluding hydrogens is 232 g/mol. The van der Waals surface area contributed by atoms with E-state index in [2.05, 4.69) is 4.98 Å². The number of hydrogen-bond acceptors (Lipinski definition) is 4. The lowest BCUT2D eigenvalue weighted by molar-refractivity contribution is 0.415. The van der Waals surface area contributed by atoms with Crippen molar-refractivity contribution in [3.05, 3.63) is 34.2 Å². The number of benzene rings is 1. The molecule has 90 valence electrons. The molecule has 1 heterocycles. The number of rotatable bonds is 4. The Morgan fingerprint density at radius 2 is 2.00 bits per heavy atom. The molecule has 0 fully saturated rings. The Kier molecular flexibility index (Phi) is 3.76. The fourth-order valence-electron chi connectivity index (χ4n) is 1.74. The smallest absolute Gasteiger partial charge is 0.118 e. The molecule has 0 unspecified atom stereocenters. The zero-order valence-electron chi connectivity index (χ0n) is 10.1. The van der Waals surface area contributed by atoms with E-state index in [1.807, 2.05) is 31.2 Å². The number of thiazole rings is 1. The second-order valence-electron chi connectivity index (χ2n) is 3.77. The van der Waals surface area contributed by atoms with Gasteiger partial charge in [0.25, 0.3) is 0 Å². The third kappa shape index (κ3) is 2.65. The van der Waals surface area contributed by atoms with Crippen LogP contribution in [0.4, 0.5) is 0 Å². The van der Waals surface area contributed by atoms with Gasteiger partial charge in [0.15, 0.2) is 0 Å². The van der Waals surface area contributed by atoms with Crippen molar-refractivity contribution in [2.75, 3.05) is 13.7 Å². The summed E-state index contributed by atoms with van der Waals surface area (Å²) in [7, 11) is 1.67. The molecule has 0 saturated carbocycles. The van der Waals surface area contributed by atoms with Crippen molar-refractivity contribution in [2.24, 2.45) is 5.73 Å². The van der Waals surface area contributed by atoms with Crippen LogP contribution < -0.4 is 10.5 Å². The summed E-state index contributed by atoms with van der Waals surface area (Å²) >= 11 is 1.72. The summed E-state index contributed by atoms with van der Waals surface area (Å²) in [5, 5.41) is 1.08. The van der Waals surface area contributed by atoms with E-state index in [1.165, 1.54) is 4.88 Å². The van der Waals surface area contributed by atoms with Crippen molar-refractivity contribution in [3.8, 4) is 17.0 Å². The van der Waals surface area contributed by atoms with E-state index in [9.17, 15) is 0 Å². The van der Waals surface area contributed by atoms with Gasteiger partial charge < -0.3 is 10.5 Å². The molecule has 0 bridgehead atoms. The molecule has 0 atom stereocenters. The first kappa shape index (κ1) is 12.1. The zero-order chi connectivity index (χ0) is 12.3. The largest absolute Gasteiger partial charge is 0.497 e. The van der Waals surface area contributed by atoms with Crippen LogP contribution in [0.1, 0.15) is 9.88 Å². The Morgan fingerprint density at radius 3 is 2.59 bits per heavy atom. The Morgan fingerprint density at radius 1 is 1.29 bits per heavy atom. The molecule has 0 aliphatic rings. The molecule has 0 aliphatic carbocycles. The van der Waals surface area contributed by atoms with Gasteiger partial charge in [-0.1, -0.05) is 0 Å². The van der Waals surface area contributed by atoms with Crippen molar-refractivity contribution in [1.29, 1.82) is 0 Å². The summed E-state index contributed by atoms with van der Waals surface area (Å²) in [5.74, 6) is 0.862. The minimum Gasteiger partial charge on any atom is -0.497 e. The van der Waals surface area contributed by atoms with E-state index in [0.717, 1.165) is 28.4 Å². The maximum Gasteiger partial charge on any atom is 0.118 e. The Bertz CT molecular complexity index is 491. The minimum absolute atomic E-state index is 0.658. The fraction of sp³-hybridized carbons (Fsp3) is 0.308. The standard InChI is InChI=1S/C13H16N2OS/c1-9-15-13(12(17-9)7-8-14)10-3-5-11(16-2)6-4-10/h3-6H,7-8,14H2,1-2H3. The van der Waals surface area contributed by atoms with Gasteiger partial charge in [-0.15, -0.1) is 11.3 Å². The van der Waals surface area contributed by atoms with Crippen molar-refractivity contribution >= 4 is 11.3 Å². The summed E-state index contributed by atoms with van der Waals surface area (Å²) in [6.45, 7) is 2.68. The molecule has 0 spiro atoms. The van der Waals surface area contributed by atoms with E-state index in [0.29, 0.717) is 6.54 Å². The molecule has 0 aliphatic heterocycles. The number of ether oxygens (including phenoxy) is 1. The fourth-order valence-corrected chi connectivity index (χ4v) is 2.72. The molecule has 3 nitrogen and oxygen atoms in total. The van der Waals surface area contributed by atoms with E-state index in [1.54, 1.807) is 18.4 Å². The van der Waals surface area contributed by atoms with Crippen LogP contribution >= 0.6 is 11.3 Å². The maximum atomic E-state index is 5.62. The van der Waals surface area contributed by atoms with Gasteiger partial charge in [0.1, 0.15) is 5.75 Å². The maximum absolute atomic E-state index is 5.62. The highest BCUT2D eigenvalue weighted by Gasteiger charge is 2.10. The average Bonchev–Trinajstić information content (AvgIpc) is 2.71. The second kappa shape index (κ2) is 5.29. The van der Waals surface area contributed by atoms with Crippen LogP contribution in [0.2, 0.25) is 0 Å². The van der Waals surface area contributed by atoms with Crippen LogP contribution in [-0.4, -0.2) is 18.6 Å². The lowest BCUT2D eigenvalue weighted by Crippen LogP contribution is -2.02. The molecular formula is C13H16N2OS. The van der Waals surface area contributed by atoms with Crippen molar-refractivity contribution < 1.29 is 4.74 Å². The number of methoxy groups -OCH3 is 1. The number of nitrogens with two attached hydrogens (primary N) is 1. The number of nitrogens with zero attached hydrogens (tertiary/aromatic N) is 1. The summed E-state index contributed by atoms with van der Waals surface area (Å²) < 4.78 is 5.15. The number of aromatic nitrogens is 1. The highest BCUT2D eigenvalue weighted by Crippen LogP contribution is 2.29. The average molecular weight is 248 g/mol. The first-order valence-electron chi connectivity index (χ1n) is 5.55. The van der Waals surface area contributed by atoms with Gasteiger partial charge in [0.05, 0.1) is 17.8 Å². The van der Waals surface area contributed by atoms with Crippen LogP contribution in [-0.2, 0) is 6.42 Å². The van der Waals surface area contributed by atoms with E-state index < -0.39 is 0 Å². The van der Waals surface area contributed by atoms with Gasteiger partial charge in [0.2, 0.25) is 0 Å². The van der Waals surface area contributed by atoms with E-state index in [-0.39, 0.29) is 0 Å². The molecule has 2 N–H and O–H groups in total. The van der Waals surface area contributed by atoms with Crippen LogP contribution in [0.5, 0.6) is 5.75 Å². The van der Waals surface area contributed by atoms with Crippen molar-refractivity contribution in [1.82, 2.24) is 4.98 Å². The topological polar surface area (TPSA) is 48.1 Å². The SMILES string of the molecule is COc1ccc(-c2nc(C)sc2CCN)cc1. The Hall–Kier alpha value is -1.39. The molecule has 2 aromatic rings. The second-order valence-corrected chi connectivity index (χ2v) is 5.06. The summed E-state index contributed by atoms with van der Waals surface area (Å²) in [6.07, 6.45) is 0.882. The first-order chi connectivity index (χ1) is 8.24. The monoisotopic (exact) mass is 248 g/mol. The quantitative estimate of drug-likeness (QED) is 0.904. The van der Waals surface area contributed by atoms with Gasteiger partial charge in [0, 0.05) is 10.4 Å². The molecule has 2 rings (SSSR count). The molecule has 0 radical (unpaired) electrons. The molecule has 17 heavy (non-hydrogen) atoms. The summed E-state index contributed by atoms with van der Waals surface area (Å²) in [4.78, 5) is 5.84. The molecule has 4 heteroatoms. The van der Waals surface area contributed by atoms with Gasteiger partial charge in [-0.25, -0.2) is 4.98 Å². The van der Waals surface area contributed by atoms with E-state index in [4.69, 9.17) is 10.5 Å². The normalized spacial score (nSPS) is 10.5. The Balaban J connectivity index is 2.37. The highest BCUT2D eigenvalue weighted by molar-refractivity contribution is 7.12. The molecule has 1 aromatic heterocycles. The van der Waals surface area contributed by atoms with Crippen LogP contribution in [0.15, 0.2) is 24.3 Å². The summed E-state index contributed by atoms with van der Waals surface area (Å²) in [6, 6.07) is 7.98. The lowest BCUT2D eigenvalue weighted by Gasteiger charge is -2.03. The lowest BCUT2D eigenvalue weighted by atomic mass is 10.1. The van der Waals surface area contributed by atoms with Gasteiger partial charge in [-0.3, -0.25) is 0 Å². The molecule has 1 aromatic carbocycles. The molecule has 0 saturated heterocycles. The van der Waals surface area contributed by atoms with E-state index >= 15 is 0 Å². The van der Waals surface area contributed by atoms with Crippen LogP contribution in [0.3, 0.4) is 0 Å². The van der Waals surface area contributed by atoms with Gasteiger partial charge in [-0.05, 0) is 44.2 Å². The zero-order valence-corrected chi connectivity index (χ0v) is 10.9. The number of hydrogen-bond donors (Lipinski definition) is 1. The summed E-state index contributed by atoms with van der Waals surface area (Å²) in [5.41, 5.74) is 7.80. The third-order valence-corrected chi connectivity index (χ3v) is 3.57. The van der Waals surface area contributed by atoms with Gasteiger partial charge >= 0.3 is 0 Å². The third-order valence-electron chi connectivity index (χ3n) is 2.54. The van der Waals surface area contributed by atoms with Crippen molar-refractivity contribution in [3.63, 3.8) is 0 Å². The van der Waals surface area contributed by atoms with Crippen LogP contribution in [0.25, 0.3) is 11.3 Å². The molecule has 0 amide bonds. The number of aryl methyl sites for hydroxylation is 1. The van der Waals surface area contributed by atoms with Gasteiger partial charge in [-0.2, -0.15) is 0 Å². The predicted octanol–water partition coefficient (Wildman–Crippen LogP) is 2.63. The first-order valence-corrected chi connectivity index (χ1v) is 6.37. The Labute approximate surface area is 105 Å².